The Kier molecular flexibility index (Phi) is 5.17. The third kappa shape index (κ3) is 3.92. The number of ether oxygens (including phenoxy) is 1. The average Bonchev–Trinajstić information content (AvgIpc) is 2.46. The summed E-state index contributed by atoms with van der Waals surface area (Å²) in [6.07, 6.45) is 0.785. The van der Waals surface area contributed by atoms with Gasteiger partial charge in [0.25, 0.3) is 0 Å². The molecule has 1 aliphatic heterocycles. The Hall–Kier alpha value is -1.12. The molecular weight excluding hydrogens is 259 g/mol. The Morgan fingerprint density at radius 1 is 1.47 bits per heavy atom. The summed E-state index contributed by atoms with van der Waals surface area (Å²) in [4.78, 5) is 13.8. The molecule has 5 heteroatoms. The van der Waals surface area contributed by atoms with Crippen LogP contribution in [0.2, 0.25) is 0 Å². The lowest BCUT2D eigenvalue weighted by Gasteiger charge is -2.36. The summed E-state index contributed by atoms with van der Waals surface area (Å²) < 4.78 is 5.35. The molecule has 0 aromatic heterocycles. The van der Waals surface area contributed by atoms with E-state index in [4.69, 9.17) is 4.74 Å². The molecule has 1 fully saturated rings. The zero-order valence-electron chi connectivity index (χ0n) is 11.2. The normalized spacial score (nSPS) is 23.2. The first-order valence-electron chi connectivity index (χ1n) is 6.62. The van der Waals surface area contributed by atoms with Crippen LogP contribution in [0, 0.1) is 5.92 Å². The Labute approximate surface area is 116 Å². The van der Waals surface area contributed by atoms with Gasteiger partial charge in [-0.3, -0.25) is 5.09 Å². The Morgan fingerprint density at radius 2 is 2.21 bits per heavy atom. The number of carbonyl (C=O) groups is 1. The van der Waals surface area contributed by atoms with E-state index in [1.165, 1.54) is 0 Å². The van der Waals surface area contributed by atoms with Gasteiger partial charge < -0.3 is 9.64 Å². The van der Waals surface area contributed by atoms with Crippen LogP contribution in [-0.2, 0) is 11.3 Å². The lowest BCUT2D eigenvalue weighted by Crippen LogP contribution is -2.49. The number of carbonyl (C=O) groups excluding carboxylic acids is 1. The summed E-state index contributed by atoms with van der Waals surface area (Å²) in [7, 11) is 2.54. The highest BCUT2D eigenvalue weighted by molar-refractivity contribution is 7.13. The third-order valence-electron chi connectivity index (χ3n) is 3.64. The monoisotopic (exact) mass is 280 g/mol. The van der Waals surface area contributed by atoms with Gasteiger partial charge in [-0.1, -0.05) is 46.6 Å². The molecule has 0 saturated carbocycles. The first-order chi connectivity index (χ1) is 9.20. The second kappa shape index (κ2) is 6.88. The van der Waals surface area contributed by atoms with Crippen molar-refractivity contribution >= 4 is 15.5 Å². The van der Waals surface area contributed by atoms with E-state index in [0.717, 1.165) is 18.5 Å². The number of hydrogen-bond acceptors (Lipinski definition) is 3. The van der Waals surface area contributed by atoms with Gasteiger partial charge in [0, 0.05) is 19.1 Å². The van der Waals surface area contributed by atoms with Crippen LogP contribution in [0.15, 0.2) is 30.3 Å². The number of nitrogens with zero attached hydrogens (tertiary/aromatic N) is 1. The van der Waals surface area contributed by atoms with Crippen LogP contribution in [0.3, 0.4) is 0 Å². The lowest BCUT2D eigenvalue weighted by molar-refractivity contribution is 0.0772. The Morgan fingerprint density at radius 3 is 2.89 bits per heavy atom. The van der Waals surface area contributed by atoms with Gasteiger partial charge in [-0.15, -0.1) is 0 Å². The molecule has 0 spiro atoms. The first-order valence-corrected chi connectivity index (χ1v) is 7.20. The van der Waals surface area contributed by atoms with Gasteiger partial charge in [-0.25, -0.2) is 4.79 Å². The minimum atomic E-state index is -0.221. The molecule has 0 aliphatic carbocycles. The van der Waals surface area contributed by atoms with Crippen molar-refractivity contribution in [2.45, 2.75) is 26.0 Å². The van der Waals surface area contributed by atoms with E-state index in [9.17, 15) is 4.79 Å². The predicted octanol–water partition coefficient (Wildman–Crippen LogP) is 2.41. The molecule has 1 heterocycles. The zero-order valence-corrected chi connectivity index (χ0v) is 12.4. The summed E-state index contributed by atoms with van der Waals surface area (Å²) in [5.41, 5.74) is 1.02. The molecule has 3 atom stereocenters. The standard InChI is InChI=1S/C14H21N2O2P/c1-11-7-8-16(9-13(11)15-19)14(17)18-10-12-5-3-2-4-6-12/h2-6,11,13,15H,7-10,19H2,1H3. The van der Waals surface area contributed by atoms with Crippen LogP contribution in [0.25, 0.3) is 0 Å². The smallest absolute Gasteiger partial charge is 0.410 e. The summed E-state index contributed by atoms with van der Waals surface area (Å²) >= 11 is 0. The number of piperidine rings is 1. The number of amides is 1. The zero-order chi connectivity index (χ0) is 13.7. The fourth-order valence-electron chi connectivity index (χ4n) is 2.26. The van der Waals surface area contributed by atoms with Gasteiger partial charge in [0.05, 0.1) is 0 Å². The average molecular weight is 280 g/mol. The van der Waals surface area contributed by atoms with E-state index < -0.39 is 0 Å². The number of likely N-dealkylation sites (tertiary alicyclic amines) is 1. The molecule has 1 aromatic carbocycles. The Balaban J connectivity index is 1.83. The number of nitrogens with one attached hydrogen (secondary N) is 1. The van der Waals surface area contributed by atoms with Crippen LogP contribution in [0.4, 0.5) is 4.79 Å². The van der Waals surface area contributed by atoms with Crippen LogP contribution >= 0.6 is 9.39 Å². The van der Waals surface area contributed by atoms with E-state index >= 15 is 0 Å². The predicted molar refractivity (Wildman–Crippen MR) is 78.6 cm³/mol. The van der Waals surface area contributed by atoms with Crippen molar-refractivity contribution in [3.8, 4) is 0 Å². The molecule has 1 aliphatic rings. The van der Waals surface area contributed by atoms with E-state index in [1.54, 1.807) is 4.90 Å². The van der Waals surface area contributed by atoms with Crippen molar-refractivity contribution < 1.29 is 9.53 Å². The van der Waals surface area contributed by atoms with Gasteiger partial charge in [0.2, 0.25) is 0 Å². The fourth-order valence-corrected chi connectivity index (χ4v) is 2.70. The van der Waals surface area contributed by atoms with E-state index in [2.05, 4.69) is 21.4 Å². The fraction of sp³-hybridized carbons (Fsp3) is 0.500. The Bertz CT molecular complexity index is 413. The molecule has 1 N–H and O–H groups in total. The van der Waals surface area contributed by atoms with Crippen molar-refractivity contribution in [2.24, 2.45) is 5.92 Å². The number of rotatable bonds is 3. The summed E-state index contributed by atoms with van der Waals surface area (Å²) in [6.45, 7) is 4.02. The van der Waals surface area contributed by atoms with Crippen LogP contribution < -0.4 is 5.09 Å². The molecule has 0 bridgehead atoms. The SMILES string of the molecule is CC1CCN(C(=O)OCc2ccccc2)CC1NP. The van der Waals surface area contributed by atoms with Crippen LogP contribution in [0.1, 0.15) is 18.9 Å². The molecule has 1 aromatic rings. The lowest BCUT2D eigenvalue weighted by atomic mass is 9.95. The molecule has 1 saturated heterocycles. The first kappa shape index (κ1) is 14.3. The van der Waals surface area contributed by atoms with E-state index in [1.807, 2.05) is 30.3 Å². The molecular formula is C14H21N2O2P. The van der Waals surface area contributed by atoms with E-state index in [-0.39, 0.29) is 6.09 Å². The third-order valence-corrected chi connectivity index (χ3v) is 4.06. The summed E-state index contributed by atoms with van der Waals surface area (Å²) in [5, 5.41) is 3.18. The molecule has 19 heavy (non-hydrogen) atoms. The highest BCUT2D eigenvalue weighted by atomic mass is 31.0. The highest BCUT2D eigenvalue weighted by Gasteiger charge is 2.28. The molecule has 3 unspecified atom stereocenters. The maximum Gasteiger partial charge on any atom is 0.410 e. The maximum atomic E-state index is 12.0. The second-order valence-electron chi connectivity index (χ2n) is 5.03. The minimum absolute atomic E-state index is 0.221. The highest BCUT2D eigenvalue weighted by Crippen LogP contribution is 2.18. The topological polar surface area (TPSA) is 41.6 Å². The molecule has 4 nitrogen and oxygen atoms in total. The van der Waals surface area contributed by atoms with Crippen LogP contribution in [0.5, 0.6) is 0 Å². The number of hydrogen-bond donors (Lipinski definition) is 1. The van der Waals surface area contributed by atoms with Gasteiger partial charge in [0.1, 0.15) is 6.61 Å². The van der Waals surface area contributed by atoms with Crippen molar-refractivity contribution in [2.75, 3.05) is 13.1 Å². The van der Waals surface area contributed by atoms with Crippen LogP contribution in [-0.4, -0.2) is 30.1 Å². The van der Waals surface area contributed by atoms with Gasteiger partial charge in [-0.05, 0) is 17.9 Å². The van der Waals surface area contributed by atoms with Gasteiger partial charge in [0.15, 0.2) is 0 Å². The summed E-state index contributed by atoms with van der Waals surface area (Å²) in [6, 6.07) is 10.1. The summed E-state index contributed by atoms with van der Waals surface area (Å²) in [5.74, 6) is 0.579. The molecule has 1 amide bonds. The molecule has 104 valence electrons. The van der Waals surface area contributed by atoms with Crippen molar-refractivity contribution in [3.63, 3.8) is 0 Å². The minimum Gasteiger partial charge on any atom is -0.445 e. The maximum absolute atomic E-state index is 12.0. The number of benzene rings is 1. The van der Waals surface area contributed by atoms with Gasteiger partial charge in [-0.2, -0.15) is 0 Å². The van der Waals surface area contributed by atoms with Gasteiger partial charge >= 0.3 is 6.09 Å². The largest absolute Gasteiger partial charge is 0.445 e. The molecule has 0 radical (unpaired) electrons. The van der Waals surface area contributed by atoms with Crippen molar-refractivity contribution in [1.82, 2.24) is 9.99 Å². The van der Waals surface area contributed by atoms with Crippen molar-refractivity contribution in [1.29, 1.82) is 0 Å². The molecule has 2 rings (SSSR count). The quantitative estimate of drug-likeness (QED) is 0.865. The second-order valence-corrected chi connectivity index (χ2v) is 5.36. The van der Waals surface area contributed by atoms with E-state index in [0.29, 0.717) is 25.1 Å². The van der Waals surface area contributed by atoms with Crippen molar-refractivity contribution in [3.05, 3.63) is 35.9 Å².